The number of nitrogens with one attached hydrogen (secondary N) is 2. The average Bonchev–Trinajstić information content (AvgIpc) is 3.13. The van der Waals surface area contributed by atoms with Crippen LogP contribution in [0.2, 0.25) is 0 Å². The summed E-state index contributed by atoms with van der Waals surface area (Å²) in [7, 11) is 0. The molecule has 0 atom stereocenters. The molecule has 3 rings (SSSR count). The molecule has 112 valence electrons. The van der Waals surface area contributed by atoms with Crippen LogP contribution in [0, 0.1) is 17.1 Å². The number of H-pyrrole nitrogens is 1. The Bertz CT molecular complexity index is 866. The van der Waals surface area contributed by atoms with Gasteiger partial charge in [-0.25, -0.2) is 18.2 Å². The fraction of sp³-hybridized carbons (Fsp3) is 0.0769. The van der Waals surface area contributed by atoms with Gasteiger partial charge in [0.15, 0.2) is 5.01 Å². The molecule has 9 heteroatoms. The van der Waals surface area contributed by atoms with Crippen LogP contribution in [0.3, 0.4) is 0 Å². The van der Waals surface area contributed by atoms with Crippen LogP contribution in [0.25, 0.3) is 10.9 Å². The van der Waals surface area contributed by atoms with Crippen molar-refractivity contribution >= 4 is 39.9 Å². The molecule has 22 heavy (non-hydrogen) atoms. The highest BCUT2D eigenvalue weighted by atomic mass is 32.2. The van der Waals surface area contributed by atoms with Crippen molar-refractivity contribution in [2.24, 2.45) is 0 Å². The number of anilines is 1. The minimum Gasteiger partial charge on any atom is -0.358 e. The van der Waals surface area contributed by atoms with Crippen LogP contribution < -0.4 is 4.72 Å². The van der Waals surface area contributed by atoms with Crippen LogP contribution in [-0.2, 0) is 0 Å². The number of aromatic amines is 1. The van der Waals surface area contributed by atoms with Gasteiger partial charge in [-0.2, -0.15) is 5.26 Å². The van der Waals surface area contributed by atoms with Gasteiger partial charge < -0.3 is 9.71 Å². The lowest BCUT2D eigenvalue weighted by molar-refractivity contribution is 0.151. The lowest BCUT2D eigenvalue weighted by Crippen LogP contribution is -1.89. The first-order valence-corrected chi connectivity index (χ1v) is 7.60. The number of nitrogens with zero attached hydrogens (tertiary/aromatic N) is 2. The maximum atomic E-state index is 13.8. The van der Waals surface area contributed by atoms with Crippen LogP contribution in [0.4, 0.5) is 18.9 Å². The van der Waals surface area contributed by atoms with E-state index in [1.807, 2.05) is 6.07 Å². The highest BCUT2D eigenvalue weighted by molar-refractivity contribution is 8.02. The smallest absolute Gasteiger partial charge is 0.289 e. The lowest BCUT2D eigenvalue weighted by Gasteiger charge is -2.05. The van der Waals surface area contributed by atoms with Gasteiger partial charge in [-0.1, -0.05) is 0 Å². The van der Waals surface area contributed by atoms with Gasteiger partial charge in [-0.3, -0.25) is 0 Å². The van der Waals surface area contributed by atoms with Gasteiger partial charge in [-0.15, -0.1) is 11.3 Å². The molecular formula is C13H7F3N4S2. The summed E-state index contributed by atoms with van der Waals surface area (Å²) in [6.07, 6.45) is 0.170. The summed E-state index contributed by atoms with van der Waals surface area (Å²) in [5.74, 6) is -0.499. The third-order valence-corrected chi connectivity index (χ3v) is 4.78. The maximum absolute atomic E-state index is 13.8. The van der Waals surface area contributed by atoms with E-state index in [4.69, 9.17) is 5.26 Å². The summed E-state index contributed by atoms with van der Waals surface area (Å²) in [6, 6.07) is 4.67. The van der Waals surface area contributed by atoms with Gasteiger partial charge in [0.2, 0.25) is 0 Å². The highest BCUT2D eigenvalue weighted by Gasteiger charge is 2.15. The minimum absolute atomic E-state index is 0.200. The van der Waals surface area contributed by atoms with Gasteiger partial charge >= 0.3 is 0 Å². The summed E-state index contributed by atoms with van der Waals surface area (Å²) in [6.45, 7) is 0. The van der Waals surface area contributed by atoms with Gasteiger partial charge in [-0.05, 0) is 24.1 Å². The Kier molecular flexibility index (Phi) is 3.96. The van der Waals surface area contributed by atoms with Crippen molar-refractivity contribution < 1.29 is 13.2 Å². The van der Waals surface area contributed by atoms with E-state index in [-0.39, 0.29) is 16.0 Å². The van der Waals surface area contributed by atoms with Crippen molar-refractivity contribution in [2.75, 3.05) is 4.72 Å². The van der Waals surface area contributed by atoms with Gasteiger partial charge in [0.1, 0.15) is 16.1 Å². The standard InChI is InChI=1S/C13H7F3N4S2/c14-7-1-2-8(11-10(7)6(3-17)4-18-11)20-22-9-5-19-13(21-9)12(15)16/h1-2,4-5,12,18,20H. The predicted octanol–water partition coefficient (Wildman–Crippen LogP) is 4.69. The number of alkyl halides is 2. The van der Waals surface area contributed by atoms with E-state index < -0.39 is 12.2 Å². The Hall–Kier alpha value is -2.18. The number of thiazole rings is 1. The molecule has 4 nitrogen and oxygen atoms in total. The second-order valence-electron chi connectivity index (χ2n) is 4.18. The lowest BCUT2D eigenvalue weighted by atomic mass is 10.1. The number of hydrogen-bond acceptors (Lipinski definition) is 5. The first-order chi connectivity index (χ1) is 10.6. The molecule has 0 bridgehead atoms. The van der Waals surface area contributed by atoms with E-state index in [1.54, 1.807) is 0 Å². The number of benzene rings is 1. The van der Waals surface area contributed by atoms with Gasteiger partial charge in [0, 0.05) is 6.20 Å². The Morgan fingerprint density at radius 1 is 1.41 bits per heavy atom. The zero-order chi connectivity index (χ0) is 15.7. The van der Waals surface area contributed by atoms with Crippen molar-refractivity contribution in [2.45, 2.75) is 10.6 Å². The Morgan fingerprint density at radius 2 is 2.23 bits per heavy atom. The highest BCUT2D eigenvalue weighted by Crippen LogP contribution is 2.34. The molecule has 2 heterocycles. The second kappa shape index (κ2) is 5.90. The monoisotopic (exact) mass is 340 g/mol. The first kappa shape index (κ1) is 14.7. The Labute approximate surface area is 131 Å². The molecule has 0 amide bonds. The predicted molar refractivity (Wildman–Crippen MR) is 79.5 cm³/mol. The van der Waals surface area contributed by atoms with E-state index in [2.05, 4.69) is 14.7 Å². The SMILES string of the molecule is N#Cc1c[nH]c2c(NSc3cnc(C(F)F)s3)ccc(F)c12. The second-order valence-corrected chi connectivity index (χ2v) is 6.35. The third kappa shape index (κ3) is 2.63. The Balaban J connectivity index is 1.86. The summed E-state index contributed by atoms with van der Waals surface area (Å²) in [5.41, 5.74) is 1.21. The van der Waals surface area contributed by atoms with Crippen molar-refractivity contribution in [3.63, 3.8) is 0 Å². The summed E-state index contributed by atoms with van der Waals surface area (Å²) >= 11 is 1.98. The van der Waals surface area contributed by atoms with E-state index in [9.17, 15) is 13.2 Å². The summed E-state index contributed by atoms with van der Waals surface area (Å²) < 4.78 is 42.3. The molecular weight excluding hydrogens is 333 g/mol. The number of aromatic nitrogens is 2. The number of nitriles is 1. The van der Waals surface area contributed by atoms with Crippen molar-refractivity contribution in [3.8, 4) is 6.07 Å². The number of rotatable bonds is 4. The summed E-state index contributed by atoms with van der Waals surface area (Å²) in [5, 5.41) is 8.91. The molecule has 0 radical (unpaired) electrons. The van der Waals surface area contributed by atoms with Crippen LogP contribution in [-0.4, -0.2) is 9.97 Å². The number of hydrogen-bond donors (Lipinski definition) is 2. The Morgan fingerprint density at radius 3 is 2.91 bits per heavy atom. The molecule has 0 aliphatic heterocycles. The topological polar surface area (TPSA) is 64.5 Å². The van der Waals surface area contributed by atoms with Crippen molar-refractivity contribution in [3.05, 3.63) is 40.9 Å². The van der Waals surface area contributed by atoms with Crippen LogP contribution in [0.15, 0.2) is 28.7 Å². The molecule has 0 unspecified atom stereocenters. The van der Waals surface area contributed by atoms with Gasteiger partial charge in [0.05, 0.1) is 28.4 Å². The largest absolute Gasteiger partial charge is 0.358 e. The molecule has 3 aromatic rings. The van der Waals surface area contributed by atoms with E-state index in [1.165, 1.54) is 24.5 Å². The third-order valence-electron chi connectivity index (χ3n) is 2.86. The molecule has 2 aromatic heterocycles. The van der Waals surface area contributed by atoms with Crippen LogP contribution in [0.1, 0.15) is 17.0 Å². The molecule has 1 aromatic carbocycles. The molecule has 0 saturated carbocycles. The van der Waals surface area contributed by atoms with Crippen LogP contribution >= 0.6 is 23.3 Å². The normalized spacial score (nSPS) is 11.0. The fourth-order valence-electron chi connectivity index (χ4n) is 1.91. The minimum atomic E-state index is -2.60. The van der Waals surface area contributed by atoms with E-state index >= 15 is 0 Å². The molecule has 0 aliphatic carbocycles. The van der Waals surface area contributed by atoms with Gasteiger partial charge in [0.25, 0.3) is 6.43 Å². The summed E-state index contributed by atoms with van der Waals surface area (Å²) in [4.78, 5) is 6.46. The zero-order valence-corrected chi connectivity index (χ0v) is 12.4. The average molecular weight is 340 g/mol. The van der Waals surface area contributed by atoms with Crippen molar-refractivity contribution in [1.29, 1.82) is 5.26 Å². The maximum Gasteiger partial charge on any atom is 0.289 e. The fourth-order valence-corrected chi connectivity index (χ4v) is 3.45. The molecule has 0 aliphatic rings. The first-order valence-electron chi connectivity index (χ1n) is 5.96. The van der Waals surface area contributed by atoms with Crippen LogP contribution in [0.5, 0.6) is 0 Å². The van der Waals surface area contributed by atoms with Crippen molar-refractivity contribution in [1.82, 2.24) is 9.97 Å². The molecule has 0 fully saturated rings. The number of halogens is 3. The molecule has 0 saturated heterocycles. The quantitative estimate of drug-likeness (QED) is 0.676. The molecule has 0 spiro atoms. The molecule has 2 N–H and O–H groups in total. The van der Waals surface area contributed by atoms with E-state index in [0.717, 1.165) is 23.3 Å². The number of fused-ring (bicyclic) bond motifs is 1. The zero-order valence-electron chi connectivity index (χ0n) is 10.7. The van der Waals surface area contributed by atoms with E-state index in [0.29, 0.717) is 15.4 Å².